The number of likely N-dealkylation sites (N-methyl/N-ethyl adjacent to an activating group) is 1. The van der Waals surface area contributed by atoms with E-state index >= 15 is 0 Å². The van der Waals surface area contributed by atoms with E-state index in [1.807, 2.05) is 37.3 Å². The van der Waals surface area contributed by atoms with Crippen LogP contribution in [0.5, 0.6) is 0 Å². The zero-order chi connectivity index (χ0) is 35.4. The quantitative estimate of drug-likeness (QED) is 0.108. The molecule has 0 saturated carbocycles. The third kappa shape index (κ3) is 13.2. The van der Waals surface area contributed by atoms with Gasteiger partial charge in [-0.05, 0) is 70.6 Å². The molecule has 0 saturated heterocycles. The smallest absolute Gasteiger partial charge is 0.408 e. The molecular weight excluding hydrogens is 624 g/mol. The van der Waals surface area contributed by atoms with E-state index in [4.69, 9.17) is 10.5 Å². The summed E-state index contributed by atoms with van der Waals surface area (Å²) >= 11 is 0. The second-order valence-corrected chi connectivity index (χ2v) is 14.4. The number of guanidine groups is 1. The summed E-state index contributed by atoms with van der Waals surface area (Å²) in [6.45, 7) is 10.2. The molecule has 2 aromatic rings. The maximum Gasteiger partial charge on any atom is 0.408 e. The maximum atomic E-state index is 13.8. The molecule has 47 heavy (non-hydrogen) atoms. The predicted octanol–water partition coefficient (Wildman–Crippen LogP) is 2.46. The fourth-order valence-corrected chi connectivity index (χ4v) is 5.76. The Morgan fingerprint density at radius 2 is 1.64 bits per heavy atom. The number of aliphatic hydroxyl groups is 1. The van der Waals surface area contributed by atoms with Gasteiger partial charge in [0.05, 0.1) is 17.5 Å². The number of nitrogens with zero attached hydrogens (tertiary/aromatic N) is 2. The van der Waals surface area contributed by atoms with Gasteiger partial charge in [-0.2, -0.15) is 0 Å². The van der Waals surface area contributed by atoms with Gasteiger partial charge in [-0.3, -0.25) is 14.6 Å². The van der Waals surface area contributed by atoms with Crippen molar-refractivity contribution in [2.24, 2.45) is 16.6 Å². The van der Waals surface area contributed by atoms with E-state index < -0.39 is 51.7 Å². The minimum absolute atomic E-state index is 0.0330. The van der Waals surface area contributed by atoms with Gasteiger partial charge < -0.3 is 31.1 Å². The number of ether oxygens (including phenoxy) is 1. The van der Waals surface area contributed by atoms with Crippen molar-refractivity contribution in [3.63, 3.8) is 0 Å². The molecule has 3 amide bonds. The van der Waals surface area contributed by atoms with Crippen molar-refractivity contribution in [2.45, 2.75) is 89.4 Å². The number of aliphatic hydroxyl groups excluding tert-OH is 1. The van der Waals surface area contributed by atoms with Gasteiger partial charge in [0.1, 0.15) is 17.7 Å². The highest BCUT2D eigenvalue weighted by molar-refractivity contribution is 7.90. The fourth-order valence-electron chi connectivity index (χ4n) is 4.80. The molecule has 0 aliphatic carbocycles. The van der Waals surface area contributed by atoms with Gasteiger partial charge in [0, 0.05) is 13.6 Å². The Labute approximate surface area is 278 Å². The minimum atomic E-state index is -3.94. The first-order valence-corrected chi connectivity index (χ1v) is 17.0. The summed E-state index contributed by atoms with van der Waals surface area (Å²) in [5.41, 5.74) is 6.85. The Balaban J connectivity index is 2.16. The van der Waals surface area contributed by atoms with Crippen molar-refractivity contribution in [3.05, 3.63) is 65.7 Å². The van der Waals surface area contributed by atoms with Crippen molar-refractivity contribution in [3.8, 4) is 0 Å². The highest BCUT2D eigenvalue weighted by Gasteiger charge is 2.35. The number of hydrogen-bond acceptors (Lipinski definition) is 8. The molecule has 0 heterocycles. The van der Waals surface area contributed by atoms with Crippen LogP contribution in [0.15, 0.2) is 64.5 Å². The van der Waals surface area contributed by atoms with Crippen LogP contribution in [0.3, 0.4) is 0 Å². The van der Waals surface area contributed by atoms with Crippen LogP contribution in [0, 0.1) is 12.8 Å². The zero-order valence-corrected chi connectivity index (χ0v) is 29.1. The molecule has 13 nitrogen and oxygen atoms in total. The van der Waals surface area contributed by atoms with Gasteiger partial charge in [0.2, 0.25) is 17.8 Å². The van der Waals surface area contributed by atoms with Crippen LogP contribution < -0.4 is 21.1 Å². The summed E-state index contributed by atoms with van der Waals surface area (Å²) in [5, 5.41) is 15.4. The Bertz CT molecular complexity index is 1460. The summed E-state index contributed by atoms with van der Waals surface area (Å²) < 4.78 is 32.8. The van der Waals surface area contributed by atoms with E-state index in [9.17, 15) is 27.9 Å². The van der Waals surface area contributed by atoms with E-state index in [1.165, 1.54) is 24.1 Å². The lowest BCUT2D eigenvalue weighted by atomic mass is 9.99. The number of benzene rings is 2. The number of aryl methyl sites for hydroxylation is 1. The SMILES string of the molecule is Cc1ccc(S(=O)(=O)NC(N)=NCCC[C@H](NC(=O)OC(C)(C)C)C(=O)N(C)[C@H](C(=O)N[C@H](CO)Cc2ccccc2)C(C)C)cc1. The van der Waals surface area contributed by atoms with Gasteiger partial charge in [-0.15, -0.1) is 0 Å². The highest BCUT2D eigenvalue weighted by Crippen LogP contribution is 2.16. The van der Waals surface area contributed by atoms with Crippen molar-refractivity contribution >= 4 is 33.9 Å². The van der Waals surface area contributed by atoms with E-state index in [2.05, 4.69) is 20.3 Å². The molecule has 0 unspecified atom stereocenters. The molecule has 0 aliphatic rings. The Morgan fingerprint density at radius 1 is 1.02 bits per heavy atom. The zero-order valence-electron chi connectivity index (χ0n) is 28.3. The van der Waals surface area contributed by atoms with E-state index in [-0.39, 0.29) is 42.8 Å². The van der Waals surface area contributed by atoms with Crippen molar-refractivity contribution in [2.75, 3.05) is 20.2 Å². The lowest BCUT2D eigenvalue weighted by Crippen LogP contribution is -2.57. The van der Waals surface area contributed by atoms with Gasteiger partial charge in [-0.25, -0.2) is 17.9 Å². The van der Waals surface area contributed by atoms with E-state index in [1.54, 1.807) is 46.8 Å². The predicted molar refractivity (Wildman–Crippen MR) is 181 cm³/mol. The average Bonchev–Trinajstić information content (AvgIpc) is 2.97. The second-order valence-electron chi connectivity index (χ2n) is 12.7. The molecule has 6 N–H and O–H groups in total. The normalized spacial score (nSPS) is 14.1. The van der Waals surface area contributed by atoms with Crippen LogP contribution in [-0.4, -0.2) is 86.2 Å². The first-order valence-electron chi connectivity index (χ1n) is 15.5. The number of carbonyl (C=O) groups excluding carboxylic acids is 3. The van der Waals surface area contributed by atoms with Crippen LogP contribution >= 0.6 is 0 Å². The van der Waals surface area contributed by atoms with Crippen LogP contribution in [0.2, 0.25) is 0 Å². The summed E-state index contributed by atoms with van der Waals surface area (Å²) in [7, 11) is -2.45. The van der Waals surface area contributed by atoms with E-state index in [0.717, 1.165) is 11.1 Å². The number of hydrogen-bond donors (Lipinski definition) is 5. The van der Waals surface area contributed by atoms with E-state index in [0.29, 0.717) is 6.42 Å². The van der Waals surface area contributed by atoms with Crippen molar-refractivity contribution in [1.82, 2.24) is 20.3 Å². The number of aliphatic imine (C=N–C) groups is 1. The molecule has 0 fully saturated rings. The molecule has 0 aliphatic heterocycles. The van der Waals surface area contributed by atoms with Crippen LogP contribution in [0.25, 0.3) is 0 Å². The molecule has 0 radical (unpaired) electrons. The molecule has 0 spiro atoms. The minimum Gasteiger partial charge on any atom is -0.444 e. The fraction of sp³-hybridized carbons (Fsp3) is 0.515. The largest absolute Gasteiger partial charge is 0.444 e. The number of amides is 3. The molecule has 3 atom stereocenters. The third-order valence-electron chi connectivity index (χ3n) is 7.05. The highest BCUT2D eigenvalue weighted by atomic mass is 32.2. The summed E-state index contributed by atoms with van der Waals surface area (Å²) in [4.78, 5) is 45.4. The summed E-state index contributed by atoms with van der Waals surface area (Å²) in [5.74, 6) is -1.62. The molecular formula is C33H50N6O7S. The molecule has 14 heteroatoms. The summed E-state index contributed by atoms with van der Waals surface area (Å²) in [6, 6.07) is 13.1. The number of rotatable bonds is 15. The lowest BCUT2D eigenvalue weighted by molar-refractivity contribution is -0.142. The first kappa shape index (κ1) is 39.0. The number of alkyl carbamates (subject to hydrolysis) is 1. The molecule has 0 bridgehead atoms. The molecule has 0 aromatic heterocycles. The van der Waals surface area contributed by atoms with Crippen LogP contribution in [0.1, 0.15) is 58.6 Å². The second kappa shape index (κ2) is 17.7. The third-order valence-corrected chi connectivity index (χ3v) is 8.42. The average molecular weight is 675 g/mol. The molecule has 2 rings (SSSR count). The summed E-state index contributed by atoms with van der Waals surface area (Å²) in [6.07, 6.45) is -0.0928. The Hall–Kier alpha value is -4.17. The Morgan fingerprint density at radius 3 is 2.19 bits per heavy atom. The van der Waals surface area contributed by atoms with Crippen molar-refractivity contribution in [1.29, 1.82) is 0 Å². The standard InChI is InChI=1S/C33H50N6O7S/c1-22(2)28(29(41)36-25(21-40)20-24-12-9-8-10-13-24)39(7)30(42)27(37-32(43)46-33(4,5)6)14-11-19-35-31(34)38-47(44,45)26-17-15-23(3)16-18-26/h8-10,12-13,15-18,22,25,27-28,40H,11,14,19-21H2,1-7H3,(H,36,41)(H,37,43)(H3,34,35,38)/t25-,27-,28-/m0/s1. The molecule has 260 valence electrons. The van der Waals surface area contributed by atoms with Crippen molar-refractivity contribution < 1.29 is 32.6 Å². The maximum absolute atomic E-state index is 13.8. The number of nitrogens with two attached hydrogens (primary N) is 1. The monoisotopic (exact) mass is 674 g/mol. The van der Waals surface area contributed by atoms with Gasteiger partial charge in [-0.1, -0.05) is 61.9 Å². The number of sulfonamides is 1. The molecule has 2 aromatic carbocycles. The van der Waals surface area contributed by atoms with Gasteiger partial charge >= 0.3 is 6.09 Å². The van der Waals surface area contributed by atoms with Gasteiger partial charge in [0.15, 0.2) is 0 Å². The lowest BCUT2D eigenvalue weighted by Gasteiger charge is -2.34. The van der Waals surface area contributed by atoms with Crippen LogP contribution in [0.4, 0.5) is 4.79 Å². The number of carbonyl (C=O) groups is 3. The first-order chi connectivity index (χ1) is 21.9. The topological polar surface area (TPSA) is 193 Å². The Kier molecular flexibility index (Phi) is 14.7. The number of nitrogens with one attached hydrogen (secondary N) is 3. The van der Waals surface area contributed by atoms with Gasteiger partial charge in [0.25, 0.3) is 10.0 Å². The van der Waals surface area contributed by atoms with Crippen LogP contribution in [-0.2, 0) is 30.8 Å².